The van der Waals surface area contributed by atoms with Gasteiger partial charge in [-0.1, -0.05) is 18.2 Å². The average Bonchev–Trinajstić information content (AvgIpc) is 3.22. The number of hydrogen-bond donors (Lipinski definition) is 1. The summed E-state index contributed by atoms with van der Waals surface area (Å²) >= 11 is 0. The van der Waals surface area contributed by atoms with E-state index in [-0.39, 0.29) is 35.1 Å². The summed E-state index contributed by atoms with van der Waals surface area (Å²) < 4.78 is 21.8. The molecule has 0 bridgehead atoms. The molecule has 0 fully saturated rings. The standard InChI is InChI=1S/C22H21N3O7/c1-29-16-11-13(9-10-15(16)32-12-17(23)26)19-18(21(27)30-2)20(22(28)31-3)25(24-19)14-7-5-4-6-8-14/h4-11H,12H2,1-3H3,(H2,23,26). The Bertz CT molecular complexity index is 1160. The van der Waals surface area contributed by atoms with Crippen LogP contribution in [-0.4, -0.2) is 55.6 Å². The zero-order chi connectivity index (χ0) is 23.3. The first-order valence-corrected chi connectivity index (χ1v) is 9.35. The first kappa shape index (κ1) is 22.3. The number of esters is 2. The van der Waals surface area contributed by atoms with Crippen molar-refractivity contribution in [1.82, 2.24) is 9.78 Å². The second kappa shape index (κ2) is 9.65. The Morgan fingerprint density at radius 1 is 0.938 bits per heavy atom. The van der Waals surface area contributed by atoms with E-state index in [1.807, 2.05) is 6.07 Å². The van der Waals surface area contributed by atoms with Crippen LogP contribution >= 0.6 is 0 Å². The fourth-order valence-electron chi connectivity index (χ4n) is 3.04. The maximum atomic E-state index is 12.7. The third-order valence-corrected chi connectivity index (χ3v) is 4.46. The number of hydrogen-bond acceptors (Lipinski definition) is 8. The molecule has 0 spiro atoms. The SMILES string of the molecule is COC(=O)c1c(-c2ccc(OCC(N)=O)c(OC)c2)nn(-c2ccccc2)c1C(=O)OC. The number of nitrogens with two attached hydrogens (primary N) is 1. The van der Waals surface area contributed by atoms with Gasteiger partial charge in [-0.25, -0.2) is 14.3 Å². The van der Waals surface area contributed by atoms with Crippen LogP contribution in [-0.2, 0) is 14.3 Å². The summed E-state index contributed by atoms with van der Waals surface area (Å²) in [4.78, 5) is 36.4. The first-order chi connectivity index (χ1) is 15.4. The van der Waals surface area contributed by atoms with Crippen LogP contribution in [0.2, 0.25) is 0 Å². The van der Waals surface area contributed by atoms with Gasteiger partial charge in [-0.3, -0.25) is 4.79 Å². The first-order valence-electron chi connectivity index (χ1n) is 9.35. The predicted molar refractivity (Wildman–Crippen MR) is 113 cm³/mol. The molecule has 0 aliphatic carbocycles. The highest BCUT2D eigenvalue weighted by atomic mass is 16.5. The van der Waals surface area contributed by atoms with Crippen molar-refractivity contribution in [1.29, 1.82) is 0 Å². The monoisotopic (exact) mass is 439 g/mol. The molecule has 0 unspecified atom stereocenters. The van der Waals surface area contributed by atoms with Crippen molar-refractivity contribution >= 4 is 17.8 Å². The van der Waals surface area contributed by atoms with Crippen molar-refractivity contribution in [3.63, 3.8) is 0 Å². The number of carbonyl (C=O) groups is 3. The van der Waals surface area contributed by atoms with Crippen LogP contribution < -0.4 is 15.2 Å². The number of rotatable bonds is 8. The number of ether oxygens (including phenoxy) is 4. The highest BCUT2D eigenvalue weighted by Crippen LogP contribution is 2.35. The van der Waals surface area contributed by atoms with Crippen LogP contribution in [0.3, 0.4) is 0 Å². The quantitative estimate of drug-likeness (QED) is 0.527. The number of aromatic nitrogens is 2. The summed E-state index contributed by atoms with van der Waals surface area (Å²) in [5.41, 5.74) is 6.11. The van der Waals surface area contributed by atoms with Crippen molar-refractivity contribution < 1.29 is 33.3 Å². The van der Waals surface area contributed by atoms with E-state index >= 15 is 0 Å². The van der Waals surface area contributed by atoms with Gasteiger partial charge in [0.15, 0.2) is 23.8 Å². The molecule has 10 nitrogen and oxygen atoms in total. The number of carbonyl (C=O) groups excluding carboxylic acids is 3. The van der Waals surface area contributed by atoms with Crippen molar-refractivity contribution in [2.45, 2.75) is 0 Å². The summed E-state index contributed by atoms with van der Waals surface area (Å²) in [7, 11) is 3.83. The van der Waals surface area contributed by atoms with E-state index < -0.39 is 17.8 Å². The Labute approximate surface area is 183 Å². The average molecular weight is 439 g/mol. The van der Waals surface area contributed by atoms with E-state index in [9.17, 15) is 14.4 Å². The number of primary amides is 1. The summed E-state index contributed by atoms with van der Waals surface area (Å²) in [6.45, 7) is -0.335. The molecule has 32 heavy (non-hydrogen) atoms. The number of benzene rings is 2. The summed E-state index contributed by atoms with van der Waals surface area (Å²) in [6, 6.07) is 13.5. The zero-order valence-corrected chi connectivity index (χ0v) is 17.7. The van der Waals surface area contributed by atoms with Gasteiger partial charge in [0.25, 0.3) is 5.91 Å². The molecule has 0 radical (unpaired) electrons. The fourth-order valence-corrected chi connectivity index (χ4v) is 3.04. The zero-order valence-electron chi connectivity index (χ0n) is 17.7. The normalized spacial score (nSPS) is 10.3. The highest BCUT2D eigenvalue weighted by molar-refractivity contribution is 6.06. The van der Waals surface area contributed by atoms with Crippen LogP contribution in [0.25, 0.3) is 16.9 Å². The van der Waals surface area contributed by atoms with Crippen molar-refractivity contribution in [3.8, 4) is 28.4 Å². The molecule has 3 rings (SSSR count). The Morgan fingerprint density at radius 2 is 1.62 bits per heavy atom. The topological polar surface area (TPSA) is 132 Å². The smallest absolute Gasteiger partial charge is 0.357 e. The summed E-state index contributed by atoms with van der Waals surface area (Å²) in [5, 5.41) is 4.51. The van der Waals surface area contributed by atoms with Crippen LogP contribution in [0.15, 0.2) is 48.5 Å². The van der Waals surface area contributed by atoms with Crippen molar-refractivity contribution in [2.75, 3.05) is 27.9 Å². The van der Waals surface area contributed by atoms with Gasteiger partial charge in [-0.2, -0.15) is 5.10 Å². The maximum absolute atomic E-state index is 12.7. The molecule has 10 heteroatoms. The van der Waals surface area contributed by atoms with E-state index in [2.05, 4.69) is 5.10 Å². The van der Waals surface area contributed by atoms with Crippen molar-refractivity contribution in [2.24, 2.45) is 5.73 Å². The molecule has 3 aromatic rings. The lowest BCUT2D eigenvalue weighted by Crippen LogP contribution is -2.20. The van der Waals surface area contributed by atoms with Gasteiger partial charge in [-0.15, -0.1) is 0 Å². The second-order valence-corrected chi connectivity index (χ2v) is 6.42. The number of para-hydroxylation sites is 1. The molecule has 0 atom stereocenters. The third-order valence-electron chi connectivity index (χ3n) is 4.46. The number of nitrogens with zero attached hydrogens (tertiary/aromatic N) is 2. The molecule has 0 saturated heterocycles. The lowest BCUT2D eigenvalue weighted by Gasteiger charge is -2.11. The van der Waals surface area contributed by atoms with Crippen LogP contribution in [0.5, 0.6) is 11.5 Å². The summed E-state index contributed by atoms with van der Waals surface area (Å²) in [5.74, 6) is -1.63. The predicted octanol–water partition coefficient (Wildman–Crippen LogP) is 1.99. The Balaban J connectivity index is 2.24. The van der Waals surface area contributed by atoms with E-state index in [0.717, 1.165) is 0 Å². The van der Waals surface area contributed by atoms with Crippen LogP contribution in [0.4, 0.5) is 0 Å². The minimum absolute atomic E-state index is 0.0731. The molecule has 1 amide bonds. The maximum Gasteiger partial charge on any atom is 0.357 e. The Hall–Kier alpha value is -4.34. The van der Waals surface area contributed by atoms with E-state index in [1.165, 1.54) is 32.1 Å². The molecule has 166 valence electrons. The number of amides is 1. The van der Waals surface area contributed by atoms with E-state index in [1.54, 1.807) is 36.4 Å². The minimum atomic E-state index is -0.768. The fraction of sp³-hybridized carbons (Fsp3) is 0.182. The molecule has 0 saturated carbocycles. The molecule has 1 heterocycles. The van der Waals surface area contributed by atoms with Gasteiger partial charge in [0.1, 0.15) is 11.3 Å². The lowest BCUT2D eigenvalue weighted by molar-refractivity contribution is -0.119. The van der Waals surface area contributed by atoms with Gasteiger partial charge < -0.3 is 24.7 Å². The van der Waals surface area contributed by atoms with Gasteiger partial charge in [-0.05, 0) is 30.3 Å². The van der Waals surface area contributed by atoms with Gasteiger partial charge in [0.2, 0.25) is 0 Å². The molecule has 0 aliphatic rings. The molecule has 0 aliphatic heterocycles. The largest absolute Gasteiger partial charge is 0.493 e. The van der Waals surface area contributed by atoms with Gasteiger partial charge in [0.05, 0.1) is 27.0 Å². The Kier molecular flexibility index (Phi) is 6.74. The molecule has 2 aromatic carbocycles. The Morgan fingerprint density at radius 3 is 2.22 bits per heavy atom. The van der Waals surface area contributed by atoms with Crippen molar-refractivity contribution in [3.05, 3.63) is 59.8 Å². The second-order valence-electron chi connectivity index (χ2n) is 6.42. The highest BCUT2D eigenvalue weighted by Gasteiger charge is 2.31. The van der Waals surface area contributed by atoms with Crippen LogP contribution in [0.1, 0.15) is 20.8 Å². The third kappa shape index (κ3) is 4.38. The van der Waals surface area contributed by atoms with E-state index in [4.69, 9.17) is 24.7 Å². The molecule has 2 N–H and O–H groups in total. The van der Waals surface area contributed by atoms with Crippen LogP contribution in [0, 0.1) is 0 Å². The van der Waals surface area contributed by atoms with Gasteiger partial charge in [0, 0.05) is 5.56 Å². The van der Waals surface area contributed by atoms with Gasteiger partial charge >= 0.3 is 11.9 Å². The summed E-state index contributed by atoms with van der Waals surface area (Å²) in [6.07, 6.45) is 0. The molecular weight excluding hydrogens is 418 g/mol. The number of methoxy groups -OCH3 is 3. The lowest BCUT2D eigenvalue weighted by atomic mass is 10.0. The minimum Gasteiger partial charge on any atom is -0.493 e. The molecule has 1 aromatic heterocycles. The molecular formula is C22H21N3O7. The van der Waals surface area contributed by atoms with E-state index in [0.29, 0.717) is 11.3 Å².